The Kier molecular flexibility index (Phi) is 4.79. The fourth-order valence-corrected chi connectivity index (χ4v) is 1.70. The van der Waals surface area contributed by atoms with Gasteiger partial charge in [0.25, 0.3) is 11.6 Å². The molecule has 1 aromatic heterocycles. The smallest absolute Gasteiger partial charge is 0.276 e. The highest BCUT2D eigenvalue weighted by Gasteiger charge is 2.14. The van der Waals surface area contributed by atoms with Crippen molar-refractivity contribution >= 4 is 17.3 Å². The molecular weight excluding hydrogens is 302 g/mol. The number of anilines is 1. The molecule has 1 amide bonds. The van der Waals surface area contributed by atoms with Gasteiger partial charge < -0.3 is 10.1 Å². The number of benzene rings is 1. The highest BCUT2D eigenvalue weighted by atomic mass is 16.6. The molecule has 0 fully saturated rings. The molecule has 116 valence electrons. The Hall–Kier alpha value is -3.54. The number of carbonyl (C=O) groups is 1. The van der Waals surface area contributed by atoms with Crippen LogP contribution < -0.4 is 10.1 Å². The lowest BCUT2D eigenvalue weighted by Crippen LogP contribution is -2.15. The minimum Gasteiger partial charge on any atom is -0.477 e. The number of carbonyl (C=O) groups excluding carboxylic acids is 1. The molecule has 2 rings (SSSR count). The van der Waals surface area contributed by atoms with Crippen LogP contribution in [0.15, 0.2) is 30.3 Å². The second-order valence-corrected chi connectivity index (χ2v) is 4.24. The van der Waals surface area contributed by atoms with Crippen molar-refractivity contribution in [2.75, 3.05) is 11.9 Å². The van der Waals surface area contributed by atoms with Crippen LogP contribution in [0.5, 0.6) is 5.88 Å². The number of nitro groups is 1. The Morgan fingerprint density at radius 2 is 2.17 bits per heavy atom. The van der Waals surface area contributed by atoms with Crippen molar-refractivity contribution in [2.45, 2.75) is 6.92 Å². The van der Waals surface area contributed by atoms with E-state index in [0.717, 1.165) is 6.07 Å². The normalized spacial score (nSPS) is 9.74. The monoisotopic (exact) mass is 313 g/mol. The van der Waals surface area contributed by atoms with Crippen molar-refractivity contribution in [3.05, 3.63) is 51.7 Å². The zero-order chi connectivity index (χ0) is 16.8. The quantitative estimate of drug-likeness (QED) is 0.658. The lowest BCUT2D eigenvalue weighted by atomic mass is 10.1. The van der Waals surface area contributed by atoms with E-state index in [1.807, 2.05) is 0 Å². The van der Waals surface area contributed by atoms with Crippen LogP contribution >= 0.6 is 0 Å². The van der Waals surface area contributed by atoms with Crippen molar-refractivity contribution in [1.82, 2.24) is 10.2 Å². The third-order valence-corrected chi connectivity index (χ3v) is 2.75. The van der Waals surface area contributed by atoms with E-state index in [1.54, 1.807) is 13.0 Å². The third-order valence-electron chi connectivity index (χ3n) is 2.75. The first kappa shape index (κ1) is 15.8. The molecule has 9 nitrogen and oxygen atoms in total. The van der Waals surface area contributed by atoms with Gasteiger partial charge in [0.2, 0.25) is 5.88 Å². The number of nitro benzene ring substituents is 1. The summed E-state index contributed by atoms with van der Waals surface area (Å²) in [6, 6.07) is 8.28. The van der Waals surface area contributed by atoms with Crippen LogP contribution in [0.25, 0.3) is 0 Å². The first-order valence-corrected chi connectivity index (χ1v) is 6.51. The van der Waals surface area contributed by atoms with Gasteiger partial charge in [0.05, 0.1) is 22.8 Å². The summed E-state index contributed by atoms with van der Waals surface area (Å²) in [4.78, 5) is 22.1. The Morgan fingerprint density at radius 1 is 1.39 bits per heavy atom. The molecule has 0 bridgehead atoms. The summed E-state index contributed by atoms with van der Waals surface area (Å²) in [6.07, 6.45) is 0. The zero-order valence-corrected chi connectivity index (χ0v) is 12.0. The number of nitrogens with one attached hydrogen (secondary N) is 1. The molecule has 0 radical (unpaired) electrons. The van der Waals surface area contributed by atoms with E-state index in [2.05, 4.69) is 15.5 Å². The molecule has 0 atom stereocenters. The molecule has 0 aliphatic heterocycles. The maximum Gasteiger partial charge on any atom is 0.276 e. The summed E-state index contributed by atoms with van der Waals surface area (Å²) in [5.41, 5.74) is -0.0821. The Labute approximate surface area is 130 Å². The van der Waals surface area contributed by atoms with Gasteiger partial charge in [-0.15, -0.1) is 10.2 Å². The van der Waals surface area contributed by atoms with Crippen LogP contribution in [0.3, 0.4) is 0 Å². The maximum absolute atomic E-state index is 12.1. The van der Waals surface area contributed by atoms with Crippen LogP contribution in [0.1, 0.15) is 23.0 Å². The Balaban J connectivity index is 2.19. The lowest BCUT2D eigenvalue weighted by Gasteiger charge is -2.06. The average Bonchev–Trinajstić information content (AvgIpc) is 2.56. The third kappa shape index (κ3) is 3.76. The van der Waals surface area contributed by atoms with E-state index in [1.165, 1.54) is 24.3 Å². The molecule has 2 aromatic rings. The topological polar surface area (TPSA) is 131 Å². The first-order valence-electron chi connectivity index (χ1n) is 6.51. The number of hydrogen-bond donors (Lipinski definition) is 1. The van der Waals surface area contributed by atoms with Gasteiger partial charge in [-0.25, -0.2) is 0 Å². The molecule has 0 spiro atoms. The Morgan fingerprint density at radius 3 is 2.74 bits per heavy atom. The van der Waals surface area contributed by atoms with Gasteiger partial charge in [0, 0.05) is 18.2 Å². The standard InChI is InChI=1S/C14H11N5O4/c1-2-23-13-6-5-12(17-18-13)14(20)16-11-4-3-10(19(21)22)7-9(11)8-15/h3-7H,2H2,1H3,(H,16,20). The molecule has 0 unspecified atom stereocenters. The predicted octanol–water partition coefficient (Wildman–Crippen LogP) is 1.91. The molecular formula is C14H11N5O4. The van der Waals surface area contributed by atoms with Crippen LogP contribution in [0.2, 0.25) is 0 Å². The van der Waals surface area contributed by atoms with Crippen LogP contribution in [0.4, 0.5) is 11.4 Å². The number of nitriles is 1. The molecule has 0 saturated heterocycles. The Bertz CT molecular complexity index is 783. The van der Waals surface area contributed by atoms with Crippen molar-refractivity contribution in [1.29, 1.82) is 5.26 Å². The van der Waals surface area contributed by atoms with Gasteiger partial charge >= 0.3 is 0 Å². The molecule has 0 aliphatic rings. The van der Waals surface area contributed by atoms with Crippen molar-refractivity contribution in [2.24, 2.45) is 0 Å². The number of aromatic nitrogens is 2. The average molecular weight is 313 g/mol. The van der Waals surface area contributed by atoms with Gasteiger partial charge in [-0.3, -0.25) is 14.9 Å². The van der Waals surface area contributed by atoms with E-state index in [-0.39, 0.29) is 28.5 Å². The first-order chi connectivity index (χ1) is 11.0. The zero-order valence-electron chi connectivity index (χ0n) is 12.0. The van der Waals surface area contributed by atoms with E-state index in [9.17, 15) is 14.9 Å². The number of nitrogens with zero attached hydrogens (tertiary/aromatic N) is 4. The van der Waals surface area contributed by atoms with Crippen molar-refractivity contribution < 1.29 is 14.5 Å². The molecule has 23 heavy (non-hydrogen) atoms. The highest BCUT2D eigenvalue weighted by molar-refractivity contribution is 6.03. The number of non-ortho nitro benzene ring substituents is 1. The van der Waals surface area contributed by atoms with Crippen molar-refractivity contribution in [3.8, 4) is 11.9 Å². The molecule has 1 heterocycles. The lowest BCUT2D eigenvalue weighted by molar-refractivity contribution is -0.384. The second kappa shape index (κ2) is 6.95. The van der Waals surface area contributed by atoms with E-state index in [4.69, 9.17) is 10.00 Å². The van der Waals surface area contributed by atoms with Gasteiger partial charge in [-0.1, -0.05) is 0 Å². The molecule has 0 aliphatic carbocycles. The second-order valence-electron chi connectivity index (χ2n) is 4.24. The minimum absolute atomic E-state index is 0.0218. The number of amides is 1. The van der Waals surface area contributed by atoms with E-state index < -0.39 is 10.8 Å². The van der Waals surface area contributed by atoms with Gasteiger partial charge in [0.15, 0.2) is 5.69 Å². The summed E-state index contributed by atoms with van der Waals surface area (Å²) < 4.78 is 5.12. The number of ether oxygens (including phenoxy) is 1. The SMILES string of the molecule is CCOc1ccc(C(=O)Nc2ccc([N+](=O)[O-])cc2C#N)nn1. The number of rotatable bonds is 5. The fourth-order valence-electron chi connectivity index (χ4n) is 1.70. The van der Waals surface area contributed by atoms with E-state index >= 15 is 0 Å². The summed E-state index contributed by atoms with van der Waals surface area (Å²) >= 11 is 0. The fraction of sp³-hybridized carbons (Fsp3) is 0.143. The van der Waals surface area contributed by atoms with Gasteiger partial charge in [-0.2, -0.15) is 5.26 Å². The minimum atomic E-state index is -0.621. The summed E-state index contributed by atoms with van der Waals surface area (Å²) in [7, 11) is 0. The highest BCUT2D eigenvalue weighted by Crippen LogP contribution is 2.21. The summed E-state index contributed by atoms with van der Waals surface area (Å²) in [6.45, 7) is 2.22. The van der Waals surface area contributed by atoms with Crippen LogP contribution in [-0.2, 0) is 0 Å². The van der Waals surface area contributed by atoms with Crippen LogP contribution in [0, 0.1) is 21.4 Å². The van der Waals surface area contributed by atoms with Crippen molar-refractivity contribution in [3.63, 3.8) is 0 Å². The van der Waals surface area contributed by atoms with Gasteiger partial charge in [-0.05, 0) is 19.1 Å². The summed E-state index contributed by atoms with van der Waals surface area (Å²) in [5, 5.41) is 29.6. The molecule has 1 aromatic carbocycles. The largest absolute Gasteiger partial charge is 0.477 e. The number of hydrogen-bond acceptors (Lipinski definition) is 7. The molecule has 0 saturated carbocycles. The molecule has 1 N–H and O–H groups in total. The van der Waals surface area contributed by atoms with E-state index in [0.29, 0.717) is 6.61 Å². The van der Waals surface area contributed by atoms with Crippen LogP contribution in [-0.4, -0.2) is 27.6 Å². The molecule has 9 heteroatoms. The predicted molar refractivity (Wildman–Crippen MR) is 79.0 cm³/mol. The summed E-state index contributed by atoms with van der Waals surface area (Å²) in [5.74, 6) is -0.303. The van der Waals surface area contributed by atoms with Gasteiger partial charge in [0.1, 0.15) is 6.07 Å². The maximum atomic E-state index is 12.1.